The molecule has 2 aromatic heterocycles. The van der Waals surface area contributed by atoms with Gasteiger partial charge < -0.3 is 0 Å². The highest BCUT2D eigenvalue weighted by atomic mass is 32.2. The van der Waals surface area contributed by atoms with E-state index < -0.39 is 20.0 Å². The average Bonchev–Trinajstić information content (AvgIpc) is 3.19. The Balaban J connectivity index is 0.000000469. The van der Waals surface area contributed by atoms with E-state index in [4.69, 9.17) is 0 Å². The van der Waals surface area contributed by atoms with Gasteiger partial charge in [-0.15, -0.1) is 10.2 Å². The van der Waals surface area contributed by atoms with Crippen LogP contribution < -0.4 is 9.44 Å². The van der Waals surface area contributed by atoms with Gasteiger partial charge in [0.05, 0.1) is 9.79 Å². The number of hydrogen-bond donors (Lipinski definition) is 2. The fourth-order valence-electron chi connectivity index (χ4n) is 2.84. The Bertz CT molecular complexity index is 1430. The van der Waals surface area contributed by atoms with E-state index in [1.165, 1.54) is 24.3 Å². The molecule has 4 rings (SSSR count). The van der Waals surface area contributed by atoms with Crippen LogP contribution >= 0.6 is 11.3 Å². The molecule has 4 aromatic rings. The van der Waals surface area contributed by atoms with Gasteiger partial charge in [-0.25, -0.2) is 16.8 Å². The number of hydrogen-bond acceptors (Lipinski definition) is 8. The molecule has 34 heavy (non-hydrogen) atoms. The number of sulfonamides is 2. The first-order chi connectivity index (χ1) is 16.1. The lowest BCUT2D eigenvalue weighted by Crippen LogP contribution is -2.15. The van der Waals surface area contributed by atoms with Crippen molar-refractivity contribution in [3.63, 3.8) is 0 Å². The normalized spacial score (nSPS) is 11.3. The minimum absolute atomic E-state index is 0.0187. The first kappa shape index (κ1) is 25.3. The van der Waals surface area contributed by atoms with Crippen molar-refractivity contribution >= 4 is 42.2 Å². The van der Waals surface area contributed by atoms with Gasteiger partial charge in [0.25, 0.3) is 20.0 Å². The molecule has 0 spiro atoms. The van der Waals surface area contributed by atoms with Crippen LogP contribution in [0, 0.1) is 20.8 Å². The first-order valence-electron chi connectivity index (χ1n) is 9.95. The Morgan fingerprint density at radius 3 is 1.94 bits per heavy atom. The van der Waals surface area contributed by atoms with Crippen LogP contribution in [0.15, 0.2) is 82.8 Å². The third-order valence-electron chi connectivity index (χ3n) is 4.35. The highest BCUT2D eigenvalue weighted by molar-refractivity contribution is 7.93. The van der Waals surface area contributed by atoms with Crippen LogP contribution in [0.5, 0.6) is 0 Å². The zero-order valence-corrected chi connectivity index (χ0v) is 21.1. The number of anilines is 2. The number of pyridine rings is 1. The van der Waals surface area contributed by atoms with Crippen molar-refractivity contribution in [2.24, 2.45) is 0 Å². The van der Waals surface area contributed by atoms with Gasteiger partial charge in [0.1, 0.15) is 5.01 Å². The molecule has 0 aliphatic rings. The van der Waals surface area contributed by atoms with E-state index in [9.17, 15) is 16.8 Å². The van der Waals surface area contributed by atoms with Crippen LogP contribution in [0.25, 0.3) is 0 Å². The van der Waals surface area contributed by atoms with Gasteiger partial charge >= 0.3 is 0 Å². The number of benzene rings is 2. The zero-order chi connectivity index (χ0) is 24.8. The Hall–Kier alpha value is -3.35. The summed E-state index contributed by atoms with van der Waals surface area (Å²) in [6.07, 6.45) is 3.50. The molecule has 0 unspecified atom stereocenters. The van der Waals surface area contributed by atoms with Gasteiger partial charge in [0.2, 0.25) is 5.13 Å². The van der Waals surface area contributed by atoms with Crippen LogP contribution in [0.2, 0.25) is 0 Å². The minimum Gasteiger partial charge on any atom is -0.280 e. The summed E-state index contributed by atoms with van der Waals surface area (Å²) in [4.78, 5) is 3.94. The summed E-state index contributed by atoms with van der Waals surface area (Å²) in [5, 5.41) is 8.28. The first-order valence-corrected chi connectivity index (χ1v) is 13.7. The van der Waals surface area contributed by atoms with E-state index in [1.54, 1.807) is 44.4 Å². The molecular weight excluding hydrogens is 494 g/mol. The van der Waals surface area contributed by atoms with Crippen molar-refractivity contribution in [2.75, 3.05) is 9.44 Å². The second-order valence-corrected chi connectivity index (χ2v) is 11.7. The molecule has 12 heteroatoms. The number of rotatable bonds is 6. The van der Waals surface area contributed by atoms with E-state index in [0.717, 1.165) is 16.9 Å². The number of aromatic nitrogens is 3. The van der Waals surface area contributed by atoms with E-state index in [2.05, 4.69) is 24.6 Å². The van der Waals surface area contributed by atoms with Gasteiger partial charge in [-0.3, -0.25) is 14.4 Å². The number of nitrogens with zero attached hydrogens (tertiary/aromatic N) is 3. The van der Waals surface area contributed by atoms with Gasteiger partial charge in [0.15, 0.2) is 0 Å². The monoisotopic (exact) mass is 517 g/mol. The molecule has 0 amide bonds. The zero-order valence-electron chi connectivity index (χ0n) is 18.6. The van der Waals surface area contributed by atoms with Crippen molar-refractivity contribution in [2.45, 2.75) is 30.6 Å². The molecule has 0 saturated heterocycles. The Kier molecular flexibility index (Phi) is 7.97. The fraction of sp³-hybridized carbons (Fsp3) is 0.136. The third-order valence-corrected chi connectivity index (χ3v) is 8.13. The topological polar surface area (TPSA) is 131 Å². The minimum atomic E-state index is -3.84. The van der Waals surface area contributed by atoms with Crippen molar-refractivity contribution in [3.8, 4) is 0 Å². The molecule has 2 heterocycles. The fourth-order valence-corrected chi connectivity index (χ4v) is 5.95. The van der Waals surface area contributed by atoms with Crippen molar-refractivity contribution in [3.05, 3.63) is 89.2 Å². The summed E-state index contributed by atoms with van der Waals surface area (Å²) in [7, 11) is -7.63. The summed E-state index contributed by atoms with van der Waals surface area (Å²) in [6, 6.07) is 16.2. The van der Waals surface area contributed by atoms with Gasteiger partial charge in [-0.1, -0.05) is 35.1 Å². The summed E-state index contributed by atoms with van der Waals surface area (Å²) in [6.45, 7) is 5.32. The Labute approximate surface area is 203 Å². The third kappa shape index (κ3) is 6.83. The number of aryl methyl sites for hydroxylation is 3. The van der Waals surface area contributed by atoms with E-state index >= 15 is 0 Å². The molecular formula is C22H23N5O4S3. The summed E-state index contributed by atoms with van der Waals surface area (Å²) < 4.78 is 54.8. The smallest absolute Gasteiger partial charge is 0.263 e. The quantitative estimate of drug-likeness (QED) is 0.393. The van der Waals surface area contributed by atoms with Crippen LogP contribution in [-0.2, 0) is 20.0 Å². The molecule has 178 valence electrons. The van der Waals surface area contributed by atoms with Gasteiger partial charge in [-0.05, 0) is 68.8 Å². The summed E-state index contributed by atoms with van der Waals surface area (Å²) in [5.74, 6) is 0. The predicted octanol–water partition coefficient (Wildman–Crippen LogP) is 4.15. The molecule has 0 saturated carbocycles. The molecule has 0 fully saturated rings. The molecule has 0 radical (unpaired) electrons. The molecule has 2 N–H and O–H groups in total. The SMILES string of the molecule is Cc1ccc(S(=O)(=O)Nc2ccc(S(=O)(=O)Nc3nnc(C)s3)cc2)c(C)c1.c1ccncc1. The van der Waals surface area contributed by atoms with Crippen molar-refractivity contribution in [1.29, 1.82) is 0 Å². The average molecular weight is 518 g/mol. The summed E-state index contributed by atoms with van der Waals surface area (Å²) >= 11 is 1.12. The Morgan fingerprint density at radius 1 is 0.765 bits per heavy atom. The lowest BCUT2D eigenvalue weighted by Gasteiger charge is -2.11. The maximum Gasteiger partial charge on any atom is 0.263 e. The van der Waals surface area contributed by atoms with Crippen LogP contribution in [0.1, 0.15) is 16.1 Å². The molecule has 2 aromatic carbocycles. The lowest BCUT2D eigenvalue weighted by molar-refractivity contribution is 0.599. The van der Waals surface area contributed by atoms with E-state index in [-0.39, 0.29) is 20.6 Å². The number of nitrogens with one attached hydrogen (secondary N) is 2. The van der Waals surface area contributed by atoms with Crippen LogP contribution in [0.4, 0.5) is 10.8 Å². The van der Waals surface area contributed by atoms with Gasteiger partial charge in [0, 0.05) is 18.1 Å². The second-order valence-electron chi connectivity index (χ2n) is 7.16. The van der Waals surface area contributed by atoms with E-state index in [1.807, 2.05) is 25.1 Å². The van der Waals surface area contributed by atoms with E-state index in [0.29, 0.717) is 10.6 Å². The second kappa shape index (κ2) is 10.7. The maximum atomic E-state index is 12.6. The van der Waals surface area contributed by atoms with Gasteiger partial charge in [-0.2, -0.15) is 0 Å². The molecule has 0 aliphatic heterocycles. The molecule has 0 aliphatic carbocycles. The lowest BCUT2D eigenvalue weighted by atomic mass is 10.2. The Morgan fingerprint density at radius 2 is 1.44 bits per heavy atom. The predicted molar refractivity (Wildman–Crippen MR) is 133 cm³/mol. The molecule has 0 atom stereocenters. The standard InChI is InChI=1S/C17H18N4O4S3.C5H5N/c1-11-4-9-16(12(2)10-11)28(24,25)20-14-5-7-15(8-6-14)27(22,23)21-17-19-18-13(3)26-17;1-2-4-6-5-3-1/h4-10,20H,1-3H3,(H,19,21);1-5H. The highest BCUT2D eigenvalue weighted by Gasteiger charge is 2.19. The molecule has 0 bridgehead atoms. The molecule has 9 nitrogen and oxygen atoms in total. The largest absolute Gasteiger partial charge is 0.280 e. The highest BCUT2D eigenvalue weighted by Crippen LogP contribution is 2.23. The van der Waals surface area contributed by atoms with Crippen LogP contribution in [-0.4, -0.2) is 32.0 Å². The van der Waals surface area contributed by atoms with Crippen molar-refractivity contribution < 1.29 is 16.8 Å². The summed E-state index contributed by atoms with van der Waals surface area (Å²) in [5.41, 5.74) is 1.85. The van der Waals surface area contributed by atoms with Crippen molar-refractivity contribution in [1.82, 2.24) is 15.2 Å². The maximum absolute atomic E-state index is 12.6. The van der Waals surface area contributed by atoms with Crippen LogP contribution in [0.3, 0.4) is 0 Å².